The van der Waals surface area contributed by atoms with Crippen LogP contribution in [0.1, 0.15) is 45.5 Å². The number of nitrogens with zero attached hydrogens (tertiary/aromatic N) is 3. The molecule has 1 aromatic heterocycles. The van der Waals surface area contributed by atoms with E-state index in [1.54, 1.807) is 34.8 Å². The summed E-state index contributed by atoms with van der Waals surface area (Å²) in [7, 11) is -1.90. The van der Waals surface area contributed by atoms with E-state index >= 15 is 0 Å². The molecule has 1 amide bonds. The van der Waals surface area contributed by atoms with Crippen LogP contribution in [0.2, 0.25) is 0 Å². The topological polar surface area (TPSA) is 89.0 Å². The van der Waals surface area contributed by atoms with Gasteiger partial charge in [0.15, 0.2) is 0 Å². The minimum absolute atomic E-state index is 0.0411. The molecule has 9 heteroatoms. The van der Waals surface area contributed by atoms with Crippen LogP contribution in [0.15, 0.2) is 67.0 Å². The van der Waals surface area contributed by atoms with Crippen LogP contribution < -0.4 is 4.74 Å². The molecule has 40 heavy (non-hydrogen) atoms. The van der Waals surface area contributed by atoms with E-state index in [9.17, 15) is 13.2 Å². The van der Waals surface area contributed by atoms with Gasteiger partial charge in [-0.05, 0) is 74.1 Å². The maximum absolute atomic E-state index is 13.5. The first-order valence-corrected chi connectivity index (χ1v) is 15.4. The highest BCUT2D eigenvalue weighted by molar-refractivity contribution is 7.88. The molecule has 0 spiro atoms. The van der Waals surface area contributed by atoms with Crippen molar-refractivity contribution in [2.45, 2.75) is 57.1 Å². The van der Waals surface area contributed by atoms with Gasteiger partial charge >= 0.3 is 0 Å². The van der Waals surface area contributed by atoms with Crippen molar-refractivity contribution in [3.8, 4) is 5.75 Å². The summed E-state index contributed by atoms with van der Waals surface area (Å²) in [4.78, 5) is 19.2. The van der Waals surface area contributed by atoms with Gasteiger partial charge in [0, 0.05) is 37.7 Å². The number of hydrogen-bond acceptors (Lipinski definition) is 6. The fourth-order valence-electron chi connectivity index (χ4n) is 5.73. The number of aromatic nitrogens is 1. The molecule has 0 aliphatic carbocycles. The maximum Gasteiger partial charge on any atom is 0.254 e. The van der Waals surface area contributed by atoms with Crippen LogP contribution in [0.25, 0.3) is 0 Å². The average Bonchev–Trinajstić information content (AvgIpc) is 3.57. The molecule has 1 unspecified atom stereocenters. The summed E-state index contributed by atoms with van der Waals surface area (Å²) in [5, 5.41) is 0. The number of hydrogen-bond donors (Lipinski definition) is 0. The Morgan fingerprint density at radius 1 is 1.02 bits per heavy atom. The molecule has 2 aromatic carbocycles. The summed E-state index contributed by atoms with van der Waals surface area (Å²) >= 11 is 0. The van der Waals surface area contributed by atoms with Gasteiger partial charge in [-0.3, -0.25) is 9.78 Å². The molecule has 3 heterocycles. The molecule has 2 saturated heterocycles. The number of carbonyl (C=O) groups excluding carboxylic acids is 1. The first-order valence-electron chi connectivity index (χ1n) is 13.8. The van der Waals surface area contributed by atoms with Crippen molar-refractivity contribution in [3.05, 3.63) is 94.8 Å². The van der Waals surface area contributed by atoms with Crippen molar-refractivity contribution in [2.75, 3.05) is 26.7 Å². The Labute approximate surface area is 237 Å². The molecule has 0 bridgehead atoms. The van der Waals surface area contributed by atoms with Gasteiger partial charge in [-0.1, -0.05) is 35.9 Å². The van der Waals surface area contributed by atoms with Crippen LogP contribution in [0.3, 0.4) is 0 Å². The van der Waals surface area contributed by atoms with Crippen molar-refractivity contribution >= 4 is 15.9 Å². The smallest absolute Gasteiger partial charge is 0.254 e. The lowest BCUT2D eigenvalue weighted by molar-refractivity contribution is 0.0339. The van der Waals surface area contributed by atoms with Crippen molar-refractivity contribution in [1.29, 1.82) is 0 Å². The number of sulfonamides is 1. The molecule has 3 aromatic rings. The number of benzene rings is 2. The van der Waals surface area contributed by atoms with Gasteiger partial charge in [0.1, 0.15) is 18.0 Å². The Hall–Kier alpha value is -3.27. The van der Waals surface area contributed by atoms with Gasteiger partial charge in [0.05, 0.1) is 18.8 Å². The summed E-state index contributed by atoms with van der Waals surface area (Å²) in [5.74, 6) is 0.429. The highest BCUT2D eigenvalue weighted by atomic mass is 32.2. The second-order valence-corrected chi connectivity index (χ2v) is 12.8. The van der Waals surface area contributed by atoms with E-state index < -0.39 is 10.0 Å². The Morgan fingerprint density at radius 2 is 1.82 bits per heavy atom. The predicted molar refractivity (Wildman–Crippen MR) is 154 cm³/mol. The molecule has 212 valence electrons. The average molecular weight is 564 g/mol. The number of likely N-dealkylation sites (tertiary alicyclic amines) is 1. The number of carbonyl (C=O) groups is 1. The second kappa shape index (κ2) is 12.1. The number of amides is 1. The highest BCUT2D eigenvalue weighted by Gasteiger charge is 2.38. The van der Waals surface area contributed by atoms with Crippen LogP contribution in [0, 0.1) is 13.8 Å². The van der Waals surface area contributed by atoms with E-state index in [0.717, 1.165) is 29.5 Å². The zero-order valence-corrected chi connectivity index (χ0v) is 24.1. The number of methoxy groups -OCH3 is 1. The summed E-state index contributed by atoms with van der Waals surface area (Å²) in [6.45, 7) is 5.26. The molecular formula is C31H37N3O5S. The maximum atomic E-state index is 13.5. The third kappa shape index (κ3) is 6.37. The summed E-state index contributed by atoms with van der Waals surface area (Å²) in [6.07, 6.45) is 5.22. The van der Waals surface area contributed by atoms with Crippen LogP contribution in [0.4, 0.5) is 0 Å². The van der Waals surface area contributed by atoms with E-state index in [-0.39, 0.29) is 29.9 Å². The lowest BCUT2D eigenvalue weighted by Crippen LogP contribution is -2.37. The van der Waals surface area contributed by atoms with Crippen molar-refractivity contribution in [1.82, 2.24) is 14.2 Å². The second-order valence-electron chi connectivity index (χ2n) is 10.8. The third-order valence-electron chi connectivity index (χ3n) is 7.84. The summed E-state index contributed by atoms with van der Waals surface area (Å²) in [6, 6.07) is 16.9. The van der Waals surface area contributed by atoms with Crippen LogP contribution >= 0.6 is 0 Å². The van der Waals surface area contributed by atoms with Gasteiger partial charge in [0.25, 0.3) is 5.91 Å². The van der Waals surface area contributed by atoms with Gasteiger partial charge in [-0.15, -0.1) is 0 Å². The largest absolute Gasteiger partial charge is 0.486 e. The molecule has 0 radical (unpaired) electrons. The van der Waals surface area contributed by atoms with E-state index in [4.69, 9.17) is 9.47 Å². The molecule has 0 saturated carbocycles. The first kappa shape index (κ1) is 28.3. The van der Waals surface area contributed by atoms with Crippen LogP contribution in [0.5, 0.6) is 5.75 Å². The molecule has 3 atom stereocenters. The van der Waals surface area contributed by atoms with Crippen LogP contribution in [-0.2, 0) is 26.9 Å². The number of ether oxygens (including phenoxy) is 2. The molecule has 2 fully saturated rings. The Kier molecular flexibility index (Phi) is 8.54. The van der Waals surface area contributed by atoms with Crippen molar-refractivity contribution < 1.29 is 22.7 Å². The van der Waals surface area contributed by atoms with E-state index in [1.807, 2.05) is 62.4 Å². The van der Waals surface area contributed by atoms with Crippen LogP contribution in [-0.4, -0.2) is 73.5 Å². The zero-order valence-electron chi connectivity index (χ0n) is 23.3. The lowest BCUT2D eigenvalue weighted by Gasteiger charge is -2.24. The van der Waals surface area contributed by atoms with E-state index in [1.165, 1.54) is 0 Å². The summed E-state index contributed by atoms with van der Waals surface area (Å²) in [5.41, 5.74) is 4.36. The van der Waals surface area contributed by atoms with E-state index in [0.29, 0.717) is 42.9 Å². The molecule has 2 aliphatic rings. The Bertz CT molecular complexity index is 1450. The molecule has 2 aliphatic heterocycles. The number of aryl methyl sites for hydroxylation is 2. The molecule has 8 nitrogen and oxygen atoms in total. The molecule has 5 rings (SSSR count). The fourth-order valence-corrected chi connectivity index (χ4v) is 7.54. The van der Waals surface area contributed by atoms with Gasteiger partial charge in [-0.2, -0.15) is 4.31 Å². The van der Waals surface area contributed by atoms with Gasteiger partial charge in [-0.25, -0.2) is 8.42 Å². The monoisotopic (exact) mass is 563 g/mol. The Morgan fingerprint density at radius 3 is 2.60 bits per heavy atom. The lowest BCUT2D eigenvalue weighted by atomic mass is 10.0. The number of pyridine rings is 1. The molecule has 0 N–H and O–H groups in total. The third-order valence-corrected chi connectivity index (χ3v) is 9.73. The Balaban J connectivity index is 1.25. The normalized spacial score (nSPS) is 21.6. The zero-order chi connectivity index (χ0) is 28.3. The number of rotatable bonds is 9. The SMILES string of the molecule is CO[C@@H]1CN(C(=O)c2cc(C)ccc2C)C[C@H]1Oc1cccc(CS(=O)(=O)N2CCCC2Cc2cccnc2)c1. The van der Waals surface area contributed by atoms with E-state index in [2.05, 4.69) is 4.98 Å². The minimum atomic E-state index is -3.52. The quantitative estimate of drug-likeness (QED) is 0.389. The van der Waals surface area contributed by atoms with Crippen molar-refractivity contribution in [2.24, 2.45) is 0 Å². The summed E-state index contributed by atoms with van der Waals surface area (Å²) < 4.78 is 40.6. The van der Waals surface area contributed by atoms with Gasteiger partial charge in [0.2, 0.25) is 10.0 Å². The molecular weight excluding hydrogens is 526 g/mol. The standard InChI is InChI=1S/C31H37N3O5S/c1-22-11-12-23(2)28(15-22)31(35)33-19-29(38-3)30(20-33)39-27-10-4-7-25(17-27)21-40(36,37)34-14-6-9-26(34)16-24-8-5-13-32-18-24/h4-5,7-8,10-13,15,17-18,26,29-30H,6,9,14,16,19-21H2,1-3H3/t26?,29-,30-/m1/s1. The minimum Gasteiger partial charge on any atom is -0.486 e. The first-order chi connectivity index (χ1) is 19.2. The predicted octanol–water partition coefficient (Wildman–Crippen LogP) is 4.15. The fraction of sp³-hybridized carbons (Fsp3) is 0.419. The van der Waals surface area contributed by atoms with Gasteiger partial charge < -0.3 is 14.4 Å². The van der Waals surface area contributed by atoms with Crippen molar-refractivity contribution in [3.63, 3.8) is 0 Å². The highest BCUT2D eigenvalue weighted by Crippen LogP contribution is 2.28.